The van der Waals surface area contributed by atoms with Gasteiger partial charge in [0.1, 0.15) is 0 Å². The highest BCUT2D eigenvalue weighted by atomic mass is 14.9. The Balaban J connectivity index is 2.11. The minimum atomic E-state index is 0.475. The van der Waals surface area contributed by atoms with Crippen molar-refractivity contribution in [1.82, 2.24) is 5.32 Å². The summed E-state index contributed by atoms with van der Waals surface area (Å²) in [5, 5.41) is 3.67. The quantitative estimate of drug-likeness (QED) is 0.680. The SMILES string of the molecule is CC1NCC2(CCCC2)c2ccccc21. The van der Waals surface area contributed by atoms with Gasteiger partial charge in [0.25, 0.3) is 0 Å². The molecule has 0 amide bonds. The molecule has 1 nitrogen and oxygen atoms in total. The Bertz CT molecular complexity index is 363. The van der Waals surface area contributed by atoms with Crippen LogP contribution in [0, 0.1) is 0 Å². The van der Waals surface area contributed by atoms with Crippen molar-refractivity contribution in [2.45, 2.75) is 44.1 Å². The fourth-order valence-electron chi connectivity index (χ4n) is 3.41. The zero-order chi connectivity index (χ0) is 10.3. The van der Waals surface area contributed by atoms with E-state index in [2.05, 4.69) is 36.5 Å². The molecule has 80 valence electrons. The molecule has 0 bridgehead atoms. The van der Waals surface area contributed by atoms with Gasteiger partial charge in [-0.05, 0) is 30.9 Å². The van der Waals surface area contributed by atoms with Crippen LogP contribution in [-0.2, 0) is 5.41 Å². The molecule has 1 unspecified atom stereocenters. The van der Waals surface area contributed by atoms with Gasteiger partial charge in [-0.15, -0.1) is 0 Å². The van der Waals surface area contributed by atoms with Gasteiger partial charge >= 0.3 is 0 Å². The topological polar surface area (TPSA) is 12.0 Å². The number of hydrogen-bond acceptors (Lipinski definition) is 1. The van der Waals surface area contributed by atoms with Gasteiger partial charge in [0, 0.05) is 18.0 Å². The molecular formula is C14H19N. The van der Waals surface area contributed by atoms with Crippen molar-refractivity contribution in [3.05, 3.63) is 35.4 Å². The van der Waals surface area contributed by atoms with Crippen LogP contribution in [0.5, 0.6) is 0 Å². The normalized spacial score (nSPS) is 27.9. The standard InChI is InChI=1S/C14H19N/c1-11-12-6-2-3-7-13(12)14(10-15-11)8-4-5-9-14/h2-3,6-7,11,15H,4-5,8-10H2,1H3. The summed E-state index contributed by atoms with van der Waals surface area (Å²) in [5.41, 5.74) is 3.64. The molecule has 1 atom stereocenters. The molecule has 1 fully saturated rings. The van der Waals surface area contributed by atoms with E-state index >= 15 is 0 Å². The molecule has 1 heteroatoms. The highest BCUT2D eigenvalue weighted by Crippen LogP contribution is 2.45. The third-order valence-corrected chi connectivity index (χ3v) is 4.31. The summed E-state index contributed by atoms with van der Waals surface area (Å²) in [6.07, 6.45) is 5.57. The van der Waals surface area contributed by atoms with Crippen molar-refractivity contribution < 1.29 is 0 Å². The minimum Gasteiger partial charge on any atom is -0.309 e. The fraction of sp³-hybridized carbons (Fsp3) is 0.571. The molecule has 15 heavy (non-hydrogen) atoms. The van der Waals surface area contributed by atoms with Crippen LogP contribution in [0.1, 0.15) is 49.8 Å². The molecule has 1 saturated carbocycles. The van der Waals surface area contributed by atoms with E-state index in [0.717, 1.165) is 0 Å². The Kier molecular flexibility index (Phi) is 2.10. The lowest BCUT2D eigenvalue weighted by Crippen LogP contribution is -2.43. The van der Waals surface area contributed by atoms with Crippen LogP contribution in [0.4, 0.5) is 0 Å². The second-order valence-corrected chi connectivity index (χ2v) is 5.18. The molecule has 1 aliphatic heterocycles. The summed E-state index contributed by atoms with van der Waals surface area (Å²) in [6, 6.07) is 9.57. The predicted octanol–water partition coefficient (Wildman–Crippen LogP) is 3.16. The Morgan fingerprint density at radius 3 is 2.73 bits per heavy atom. The molecule has 1 aromatic rings. The number of fused-ring (bicyclic) bond motifs is 2. The largest absolute Gasteiger partial charge is 0.309 e. The molecule has 3 rings (SSSR count). The smallest absolute Gasteiger partial charge is 0.0295 e. The van der Waals surface area contributed by atoms with Gasteiger partial charge in [-0.3, -0.25) is 0 Å². The van der Waals surface area contributed by atoms with Gasteiger partial charge < -0.3 is 5.32 Å². The Morgan fingerprint density at radius 1 is 1.20 bits per heavy atom. The summed E-state index contributed by atoms with van der Waals surface area (Å²) < 4.78 is 0. The average Bonchev–Trinajstić information content (AvgIpc) is 2.74. The summed E-state index contributed by atoms with van der Waals surface area (Å²) >= 11 is 0. The second-order valence-electron chi connectivity index (χ2n) is 5.18. The first-order chi connectivity index (χ1) is 7.32. The molecule has 2 aliphatic rings. The predicted molar refractivity (Wildman–Crippen MR) is 63.0 cm³/mol. The van der Waals surface area contributed by atoms with Crippen molar-refractivity contribution in [3.8, 4) is 0 Å². The van der Waals surface area contributed by atoms with E-state index in [1.807, 2.05) is 0 Å². The first kappa shape index (κ1) is 9.41. The van der Waals surface area contributed by atoms with E-state index in [0.29, 0.717) is 11.5 Å². The van der Waals surface area contributed by atoms with E-state index in [4.69, 9.17) is 0 Å². The summed E-state index contributed by atoms with van der Waals surface area (Å²) in [4.78, 5) is 0. The van der Waals surface area contributed by atoms with Crippen LogP contribution in [0.25, 0.3) is 0 Å². The third-order valence-electron chi connectivity index (χ3n) is 4.31. The van der Waals surface area contributed by atoms with Gasteiger partial charge in [-0.1, -0.05) is 37.1 Å². The fourth-order valence-corrected chi connectivity index (χ4v) is 3.41. The molecule has 1 aromatic carbocycles. The number of rotatable bonds is 0. The molecule has 1 spiro atoms. The number of hydrogen-bond donors (Lipinski definition) is 1. The average molecular weight is 201 g/mol. The van der Waals surface area contributed by atoms with Crippen molar-refractivity contribution in [2.24, 2.45) is 0 Å². The summed E-state index contributed by atoms with van der Waals surface area (Å²) in [5.74, 6) is 0. The summed E-state index contributed by atoms with van der Waals surface area (Å²) in [7, 11) is 0. The maximum atomic E-state index is 3.67. The highest BCUT2D eigenvalue weighted by molar-refractivity contribution is 5.39. The van der Waals surface area contributed by atoms with Crippen molar-refractivity contribution in [2.75, 3.05) is 6.54 Å². The van der Waals surface area contributed by atoms with Gasteiger partial charge in [0.05, 0.1) is 0 Å². The van der Waals surface area contributed by atoms with Crippen molar-refractivity contribution in [1.29, 1.82) is 0 Å². The van der Waals surface area contributed by atoms with E-state index in [1.54, 1.807) is 5.56 Å². The molecule has 1 aliphatic carbocycles. The Morgan fingerprint density at radius 2 is 1.93 bits per heavy atom. The number of benzene rings is 1. The zero-order valence-corrected chi connectivity index (χ0v) is 9.42. The second kappa shape index (κ2) is 3.34. The highest BCUT2D eigenvalue weighted by Gasteiger charge is 2.40. The molecule has 0 radical (unpaired) electrons. The monoisotopic (exact) mass is 201 g/mol. The lowest BCUT2D eigenvalue weighted by Gasteiger charge is -2.39. The van der Waals surface area contributed by atoms with Crippen LogP contribution < -0.4 is 5.32 Å². The summed E-state index contributed by atoms with van der Waals surface area (Å²) in [6.45, 7) is 3.46. The maximum Gasteiger partial charge on any atom is 0.0295 e. The minimum absolute atomic E-state index is 0.475. The van der Waals surface area contributed by atoms with Crippen LogP contribution in [0.15, 0.2) is 24.3 Å². The van der Waals surface area contributed by atoms with Gasteiger partial charge in [0.2, 0.25) is 0 Å². The van der Waals surface area contributed by atoms with E-state index in [9.17, 15) is 0 Å². The lowest BCUT2D eigenvalue weighted by molar-refractivity contribution is 0.348. The first-order valence-electron chi connectivity index (χ1n) is 6.15. The van der Waals surface area contributed by atoms with Crippen LogP contribution in [-0.4, -0.2) is 6.54 Å². The molecule has 0 saturated heterocycles. The zero-order valence-electron chi connectivity index (χ0n) is 9.42. The van der Waals surface area contributed by atoms with E-state index in [-0.39, 0.29) is 0 Å². The van der Waals surface area contributed by atoms with E-state index in [1.165, 1.54) is 37.8 Å². The molecular weight excluding hydrogens is 182 g/mol. The third kappa shape index (κ3) is 1.33. The Labute approximate surface area is 91.9 Å². The van der Waals surface area contributed by atoms with Crippen molar-refractivity contribution >= 4 is 0 Å². The lowest BCUT2D eigenvalue weighted by atomic mass is 9.73. The van der Waals surface area contributed by atoms with Crippen LogP contribution >= 0.6 is 0 Å². The van der Waals surface area contributed by atoms with Crippen molar-refractivity contribution in [3.63, 3.8) is 0 Å². The van der Waals surface area contributed by atoms with Crippen LogP contribution in [0.3, 0.4) is 0 Å². The molecule has 1 heterocycles. The van der Waals surface area contributed by atoms with Gasteiger partial charge in [-0.2, -0.15) is 0 Å². The maximum absolute atomic E-state index is 3.67. The Hall–Kier alpha value is -0.820. The number of nitrogens with one attached hydrogen (secondary N) is 1. The van der Waals surface area contributed by atoms with E-state index < -0.39 is 0 Å². The van der Waals surface area contributed by atoms with Gasteiger partial charge in [-0.25, -0.2) is 0 Å². The molecule has 1 N–H and O–H groups in total. The van der Waals surface area contributed by atoms with Gasteiger partial charge in [0.15, 0.2) is 0 Å². The van der Waals surface area contributed by atoms with Crippen LogP contribution in [0.2, 0.25) is 0 Å². The first-order valence-corrected chi connectivity index (χ1v) is 6.15. The molecule has 0 aromatic heterocycles.